The molecule has 2 aromatic carbocycles. The third-order valence-corrected chi connectivity index (χ3v) is 5.39. The third-order valence-electron chi connectivity index (χ3n) is 4.32. The minimum Gasteiger partial charge on any atom is -0.497 e. The number of carbonyl (C=O) groups excluding carboxylic acids is 1. The van der Waals surface area contributed by atoms with E-state index in [9.17, 15) is 4.79 Å². The van der Waals surface area contributed by atoms with Crippen molar-refractivity contribution in [1.82, 2.24) is 5.32 Å². The minimum atomic E-state index is -0.176. The lowest BCUT2D eigenvalue weighted by Crippen LogP contribution is -2.25. The number of rotatable bonds is 6. The van der Waals surface area contributed by atoms with E-state index >= 15 is 0 Å². The Bertz CT molecular complexity index is 843. The Hall–Kier alpha value is -2.60. The molecular weight excluding hydrogens is 358 g/mol. The molecule has 0 aliphatic carbocycles. The van der Waals surface area contributed by atoms with Crippen LogP contribution in [0.4, 0.5) is 0 Å². The van der Waals surface area contributed by atoms with E-state index in [0.717, 1.165) is 16.9 Å². The molecule has 1 heterocycles. The van der Waals surface area contributed by atoms with Gasteiger partial charge in [0.05, 0.1) is 18.6 Å². The van der Waals surface area contributed by atoms with E-state index < -0.39 is 0 Å². The van der Waals surface area contributed by atoms with Crippen molar-refractivity contribution >= 4 is 29.1 Å². The normalized spacial score (nSPS) is 18.4. The van der Waals surface area contributed by atoms with Crippen molar-refractivity contribution in [2.75, 3.05) is 7.11 Å². The van der Waals surface area contributed by atoms with Crippen molar-refractivity contribution in [3.05, 3.63) is 65.2 Å². The summed E-state index contributed by atoms with van der Waals surface area (Å²) in [6.07, 6.45) is 2.33. The van der Waals surface area contributed by atoms with Crippen LogP contribution >= 0.6 is 11.8 Å². The Labute approximate surface area is 163 Å². The summed E-state index contributed by atoms with van der Waals surface area (Å²) in [5.41, 5.74) is 3.36. The van der Waals surface area contributed by atoms with Crippen LogP contribution in [-0.2, 0) is 11.2 Å². The first-order valence-electron chi connectivity index (χ1n) is 8.86. The van der Waals surface area contributed by atoms with Crippen LogP contribution in [0.25, 0.3) is 0 Å². The molecule has 1 fully saturated rings. The van der Waals surface area contributed by atoms with Crippen molar-refractivity contribution in [2.45, 2.75) is 31.4 Å². The SMILES string of the molecule is COc1ccc(/C=N\N=C2\NC(=O)[C@H](Cc3ccc(C(C)C)cc3)S2)cc1. The van der Waals surface area contributed by atoms with E-state index in [1.807, 2.05) is 24.3 Å². The van der Waals surface area contributed by atoms with Gasteiger partial charge >= 0.3 is 0 Å². The highest BCUT2D eigenvalue weighted by Crippen LogP contribution is 2.24. The predicted molar refractivity (Wildman–Crippen MR) is 112 cm³/mol. The number of nitrogens with one attached hydrogen (secondary N) is 1. The van der Waals surface area contributed by atoms with Crippen LogP contribution < -0.4 is 10.1 Å². The first-order valence-corrected chi connectivity index (χ1v) is 9.74. The van der Waals surface area contributed by atoms with E-state index in [4.69, 9.17) is 4.74 Å². The second-order valence-electron chi connectivity index (χ2n) is 6.62. The molecule has 6 heteroatoms. The molecule has 1 aliphatic rings. The lowest BCUT2D eigenvalue weighted by Gasteiger charge is -2.08. The molecule has 1 saturated heterocycles. The van der Waals surface area contributed by atoms with Gasteiger partial charge in [0.25, 0.3) is 0 Å². The fourth-order valence-corrected chi connectivity index (χ4v) is 3.64. The van der Waals surface area contributed by atoms with Crippen LogP contribution in [0.2, 0.25) is 0 Å². The van der Waals surface area contributed by atoms with Crippen LogP contribution in [0.5, 0.6) is 5.75 Å². The van der Waals surface area contributed by atoms with Gasteiger partial charge in [0.15, 0.2) is 5.17 Å². The average molecular weight is 382 g/mol. The fourth-order valence-electron chi connectivity index (χ4n) is 2.68. The number of carbonyl (C=O) groups is 1. The fraction of sp³-hybridized carbons (Fsp3) is 0.286. The lowest BCUT2D eigenvalue weighted by molar-refractivity contribution is -0.118. The van der Waals surface area contributed by atoms with Crippen LogP contribution in [-0.4, -0.2) is 29.6 Å². The second kappa shape index (κ2) is 8.86. The smallest absolute Gasteiger partial charge is 0.239 e. The molecule has 1 aliphatic heterocycles. The predicted octanol–water partition coefficient (Wildman–Crippen LogP) is 3.98. The average Bonchev–Trinajstić information content (AvgIpc) is 3.02. The second-order valence-corrected chi connectivity index (χ2v) is 7.81. The van der Waals surface area contributed by atoms with E-state index in [-0.39, 0.29) is 11.2 Å². The Morgan fingerprint density at radius 3 is 2.48 bits per heavy atom. The summed E-state index contributed by atoms with van der Waals surface area (Å²) < 4.78 is 5.12. The van der Waals surface area contributed by atoms with E-state index in [1.165, 1.54) is 17.3 Å². The highest BCUT2D eigenvalue weighted by Gasteiger charge is 2.30. The standard InChI is InChI=1S/C21H23N3O2S/c1-14(2)17-8-4-15(5-9-17)12-19-20(25)23-21(27-19)24-22-13-16-6-10-18(26-3)11-7-16/h4-11,13-14,19H,12H2,1-3H3,(H,23,24,25)/b22-13-/t19-/m0/s1. The molecule has 1 atom stereocenters. The molecule has 0 radical (unpaired) electrons. The molecule has 3 rings (SSSR count). The first kappa shape index (κ1) is 19.2. The van der Waals surface area contributed by atoms with Crippen LogP contribution in [0.3, 0.4) is 0 Å². The maximum atomic E-state index is 12.2. The van der Waals surface area contributed by atoms with Gasteiger partial charge in [-0.2, -0.15) is 5.10 Å². The van der Waals surface area contributed by atoms with Gasteiger partial charge in [0.1, 0.15) is 5.75 Å². The molecule has 0 spiro atoms. The molecule has 0 saturated carbocycles. The van der Waals surface area contributed by atoms with Crippen molar-refractivity contribution < 1.29 is 9.53 Å². The number of nitrogens with zero attached hydrogens (tertiary/aromatic N) is 2. The van der Waals surface area contributed by atoms with E-state index in [2.05, 4.69) is 53.6 Å². The summed E-state index contributed by atoms with van der Waals surface area (Å²) in [6.45, 7) is 4.34. The Morgan fingerprint density at radius 2 is 1.85 bits per heavy atom. The van der Waals surface area contributed by atoms with Gasteiger partial charge in [-0.1, -0.05) is 49.9 Å². The van der Waals surface area contributed by atoms with E-state index in [1.54, 1.807) is 13.3 Å². The zero-order valence-electron chi connectivity index (χ0n) is 15.7. The summed E-state index contributed by atoms with van der Waals surface area (Å²) in [4.78, 5) is 12.2. The first-order chi connectivity index (χ1) is 13.0. The van der Waals surface area contributed by atoms with Crippen molar-refractivity contribution in [3.63, 3.8) is 0 Å². The van der Waals surface area contributed by atoms with Gasteiger partial charge in [-0.25, -0.2) is 0 Å². The number of thioether (sulfide) groups is 1. The molecule has 0 aromatic heterocycles. The van der Waals surface area contributed by atoms with Crippen LogP contribution in [0, 0.1) is 0 Å². The van der Waals surface area contributed by atoms with Crippen molar-refractivity contribution in [2.24, 2.45) is 10.2 Å². The zero-order valence-corrected chi connectivity index (χ0v) is 16.5. The molecule has 2 aromatic rings. The molecule has 0 bridgehead atoms. The quantitative estimate of drug-likeness (QED) is 0.608. The van der Waals surface area contributed by atoms with E-state index in [0.29, 0.717) is 17.5 Å². The molecule has 140 valence electrons. The summed E-state index contributed by atoms with van der Waals surface area (Å²) in [5.74, 6) is 1.28. The summed E-state index contributed by atoms with van der Waals surface area (Å²) in [5, 5.41) is 11.4. The van der Waals surface area contributed by atoms with Crippen molar-refractivity contribution in [3.8, 4) is 5.75 Å². The Morgan fingerprint density at radius 1 is 1.15 bits per heavy atom. The number of hydrogen-bond donors (Lipinski definition) is 1. The molecule has 1 N–H and O–H groups in total. The summed E-state index contributed by atoms with van der Waals surface area (Å²) >= 11 is 1.42. The number of ether oxygens (including phenoxy) is 1. The molecular formula is C21H23N3O2S. The molecule has 5 nitrogen and oxygen atoms in total. The summed E-state index contributed by atoms with van der Waals surface area (Å²) in [7, 11) is 1.63. The van der Waals surface area contributed by atoms with Crippen molar-refractivity contribution in [1.29, 1.82) is 0 Å². The van der Waals surface area contributed by atoms with Gasteiger partial charge in [-0.05, 0) is 53.3 Å². The number of amidine groups is 1. The largest absolute Gasteiger partial charge is 0.497 e. The maximum Gasteiger partial charge on any atom is 0.239 e. The highest BCUT2D eigenvalue weighted by molar-refractivity contribution is 8.15. The Balaban J connectivity index is 1.58. The number of benzene rings is 2. The van der Waals surface area contributed by atoms with Crippen LogP contribution in [0.15, 0.2) is 58.7 Å². The molecule has 0 unspecified atom stereocenters. The van der Waals surface area contributed by atoms with Gasteiger partial charge in [0, 0.05) is 0 Å². The molecule has 1 amide bonds. The Kier molecular flexibility index (Phi) is 6.29. The maximum absolute atomic E-state index is 12.2. The third kappa shape index (κ3) is 5.20. The zero-order chi connectivity index (χ0) is 19.2. The van der Waals surface area contributed by atoms with Crippen LogP contribution in [0.1, 0.15) is 36.5 Å². The highest BCUT2D eigenvalue weighted by atomic mass is 32.2. The number of methoxy groups -OCH3 is 1. The monoisotopic (exact) mass is 381 g/mol. The minimum absolute atomic E-state index is 0.0219. The van der Waals surface area contributed by atoms with Gasteiger partial charge in [0.2, 0.25) is 5.91 Å². The lowest BCUT2D eigenvalue weighted by atomic mass is 10.0. The van der Waals surface area contributed by atoms with Gasteiger partial charge in [-0.3, -0.25) is 4.79 Å². The topological polar surface area (TPSA) is 63.1 Å². The van der Waals surface area contributed by atoms with Gasteiger partial charge in [-0.15, -0.1) is 5.10 Å². The number of hydrogen-bond acceptors (Lipinski definition) is 5. The molecule has 27 heavy (non-hydrogen) atoms. The summed E-state index contributed by atoms with van der Waals surface area (Å²) in [6, 6.07) is 16.0. The number of amides is 1. The van der Waals surface area contributed by atoms with Gasteiger partial charge < -0.3 is 10.1 Å².